The van der Waals surface area contributed by atoms with Gasteiger partial charge in [-0.2, -0.15) is 0 Å². The lowest BCUT2D eigenvalue weighted by atomic mass is 10.1. The fraction of sp³-hybridized carbons (Fsp3) is 0.0625. The highest BCUT2D eigenvalue weighted by Crippen LogP contribution is 2.25. The van der Waals surface area contributed by atoms with E-state index < -0.39 is 24.4 Å². The van der Waals surface area contributed by atoms with E-state index in [-0.39, 0.29) is 11.1 Å². The second-order valence-electron chi connectivity index (χ2n) is 4.69. The number of nitrogens with one attached hydrogen (secondary N) is 1. The highest BCUT2D eigenvalue weighted by Gasteiger charge is 2.12. The molecule has 2 aromatic carbocycles. The van der Waals surface area contributed by atoms with Crippen molar-refractivity contribution in [3.8, 4) is 0 Å². The van der Waals surface area contributed by atoms with Gasteiger partial charge >= 0.3 is 5.97 Å². The van der Waals surface area contributed by atoms with Crippen molar-refractivity contribution in [3.05, 3.63) is 63.6 Å². The molecule has 24 heavy (non-hydrogen) atoms. The number of hydrogen-bond acceptors (Lipinski definition) is 4. The van der Waals surface area contributed by atoms with Crippen LogP contribution in [-0.4, -0.2) is 24.4 Å². The number of ether oxygens (including phenoxy) is 1. The van der Waals surface area contributed by atoms with Crippen LogP contribution in [0.1, 0.15) is 20.7 Å². The number of amides is 2. The quantitative estimate of drug-likeness (QED) is 0.794. The van der Waals surface area contributed by atoms with Crippen molar-refractivity contribution < 1.29 is 19.1 Å². The van der Waals surface area contributed by atoms with E-state index in [9.17, 15) is 14.4 Å². The summed E-state index contributed by atoms with van der Waals surface area (Å²) in [6, 6.07) is 10.1. The number of primary amides is 1. The molecule has 0 atom stereocenters. The van der Waals surface area contributed by atoms with Gasteiger partial charge in [0.25, 0.3) is 5.91 Å². The maximum atomic E-state index is 11.8. The molecule has 6 nitrogen and oxygen atoms in total. The van der Waals surface area contributed by atoms with Crippen molar-refractivity contribution in [2.75, 3.05) is 11.9 Å². The van der Waals surface area contributed by atoms with Gasteiger partial charge in [-0.25, -0.2) is 4.79 Å². The Balaban J connectivity index is 1.92. The Bertz CT molecular complexity index is 791. The molecule has 0 unspecified atom stereocenters. The number of benzene rings is 2. The summed E-state index contributed by atoms with van der Waals surface area (Å²) < 4.78 is 4.89. The standard InChI is InChI=1S/C16H12Cl2N2O4/c17-11-5-6-12(18)13(7-11)20-14(21)8-24-16(23)10-3-1-9(2-4-10)15(19)22/h1-7H,8H2,(H2,19,22)(H,20,21). The fourth-order valence-corrected chi connectivity index (χ4v) is 2.10. The highest BCUT2D eigenvalue weighted by molar-refractivity contribution is 6.35. The van der Waals surface area contributed by atoms with E-state index in [0.717, 1.165) is 0 Å². The summed E-state index contributed by atoms with van der Waals surface area (Å²) >= 11 is 11.7. The average molecular weight is 367 g/mol. The van der Waals surface area contributed by atoms with Gasteiger partial charge < -0.3 is 15.8 Å². The van der Waals surface area contributed by atoms with E-state index in [1.165, 1.54) is 36.4 Å². The molecule has 2 aromatic rings. The molecular formula is C16H12Cl2N2O4. The number of halogens is 2. The zero-order chi connectivity index (χ0) is 17.7. The first kappa shape index (κ1) is 17.8. The molecule has 0 heterocycles. The largest absolute Gasteiger partial charge is 0.452 e. The van der Waals surface area contributed by atoms with Gasteiger partial charge in [0, 0.05) is 10.6 Å². The van der Waals surface area contributed by atoms with Crippen LogP contribution in [0.2, 0.25) is 10.0 Å². The Hall–Kier alpha value is -2.57. The van der Waals surface area contributed by atoms with Gasteiger partial charge in [0.05, 0.1) is 16.3 Å². The average Bonchev–Trinajstić information content (AvgIpc) is 2.56. The number of esters is 1. The Morgan fingerprint density at radius 1 is 1.00 bits per heavy atom. The molecule has 0 aliphatic heterocycles. The lowest BCUT2D eigenvalue weighted by Gasteiger charge is -2.08. The zero-order valence-corrected chi connectivity index (χ0v) is 13.7. The van der Waals surface area contributed by atoms with Gasteiger partial charge in [-0.05, 0) is 42.5 Å². The van der Waals surface area contributed by atoms with Gasteiger partial charge in [0.1, 0.15) is 0 Å². The highest BCUT2D eigenvalue weighted by atomic mass is 35.5. The first-order valence-electron chi connectivity index (χ1n) is 6.68. The van der Waals surface area contributed by atoms with Crippen LogP contribution in [0, 0.1) is 0 Å². The zero-order valence-electron chi connectivity index (χ0n) is 12.2. The molecule has 0 saturated carbocycles. The van der Waals surface area contributed by atoms with Gasteiger partial charge in [-0.1, -0.05) is 23.2 Å². The third-order valence-electron chi connectivity index (χ3n) is 2.94. The number of carbonyl (C=O) groups is 3. The lowest BCUT2D eigenvalue weighted by molar-refractivity contribution is -0.119. The van der Waals surface area contributed by atoms with Crippen molar-refractivity contribution in [1.82, 2.24) is 0 Å². The summed E-state index contributed by atoms with van der Waals surface area (Å²) in [5, 5.41) is 3.20. The topological polar surface area (TPSA) is 98.5 Å². The van der Waals surface area contributed by atoms with E-state index in [1.54, 1.807) is 6.07 Å². The van der Waals surface area contributed by atoms with Crippen LogP contribution in [0.15, 0.2) is 42.5 Å². The minimum atomic E-state index is -0.710. The number of hydrogen-bond donors (Lipinski definition) is 2. The molecular weight excluding hydrogens is 355 g/mol. The van der Waals surface area contributed by atoms with Gasteiger partial charge in [0.2, 0.25) is 5.91 Å². The first-order chi connectivity index (χ1) is 11.4. The smallest absolute Gasteiger partial charge is 0.338 e. The monoisotopic (exact) mass is 366 g/mol. The summed E-state index contributed by atoms with van der Waals surface area (Å²) in [7, 11) is 0. The third-order valence-corrected chi connectivity index (χ3v) is 3.51. The molecule has 8 heteroatoms. The van der Waals surface area contributed by atoms with Crippen LogP contribution in [0.25, 0.3) is 0 Å². The summed E-state index contributed by atoms with van der Waals surface area (Å²) in [5.41, 5.74) is 5.87. The van der Waals surface area contributed by atoms with E-state index in [4.69, 9.17) is 33.7 Å². The number of nitrogens with two attached hydrogens (primary N) is 1. The van der Waals surface area contributed by atoms with Crippen molar-refractivity contribution in [3.63, 3.8) is 0 Å². The second kappa shape index (κ2) is 7.81. The fourth-order valence-electron chi connectivity index (χ4n) is 1.76. The predicted molar refractivity (Wildman–Crippen MR) is 90.3 cm³/mol. The van der Waals surface area contributed by atoms with Crippen LogP contribution in [0.5, 0.6) is 0 Å². The molecule has 0 radical (unpaired) electrons. The van der Waals surface area contributed by atoms with Crippen molar-refractivity contribution in [1.29, 1.82) is 0 Å². The Labute approximate surface area is 147 Å². The molecule has 0 bridgehead atoms. The summed E-state index contributed by atoms with van der Waals surface area (Å²) in [6.07, 6.45) is 0. The lowest BCUT2D eigenvalue weighted by Crippen LogP contribution is -2.21. The number of anilines is 1. The summed E-state index contributed by atoms with van der Waals surface area (Å²) in [5.74, 6) is -1.88. The molecule has 124 valence electrons. The van der Waals surface area contributed by atoms with E-state index in [1.807, 2.05) is 0 Å². The van der Waals surface area contributed by atoms with Crippen LogP contribution in [0.3, 0.4) is 0 Å². The van der Waals surface area contributed by atoms with Crippen LogP contribution in [-0.2, 0) is 9.53 Å². The van der Waals surface area contributed by atoms with Crippen LogP contribution >= 0.6 is 23.2 Å². The minimum absolute atomic E-state index is 0.189. The predicted octanol–water partition coefficient (Wildman–Crippen LogP) is 2.89. The maximum absolute atomic E-state index is 11.8. The first-order valence-corrected chi connectivity index (χ1v) is 7.44. The molecule has 0 saturated heterocycles. The second-order valence-corrected chi connectivity index (χ2v) is 5.53. The van der Waals surface area contributed by atoms with Gasteiger partial charge in [-0.3, -0.25) is 9.59 Å². The van der Waals surface area contributed by atoms with Crippen LogP contribution < -0.4 is 11.1 Å². The van der Waals surface area contributed by atoms with Gasteiger partial charge in [-0.15, -0.1) is 0 Å². The molecule has 3 N–H and O–H groups in total. The van der Waals surface area contributed by atoms with E-state index >= 15 is 0 Å². The molecule has 0 spiro atoms. The Morgan fingerprint density at radius 2 is 1.62 bits per heavy atom. The molecule has 2 amide bonds. The normalized spacial score (nSPS) is 10.1. The number of rotatable bonds is 5. The Kier molecular flexibility index (Phi) is 5.78. The molecule has 0 aliphatic rings. The van der Waals surface area contributed by atoms with E-state index in [0.29, 0.717) is 15.7 Å². The summed E-state index contributed by atoms with van der Waals surface area (Å²) in [6.45, 7) is -0.501. The minimum Gasteiger partial charge on any atom is -0.452 e. The molecule has 0 fully saturated rings. The van der Waals surface area contributed by atoms with E-state index in [2.05, 4.69) is 5.32 Å². The van der Waals surface area contributed by atoms with Crippen molar-refractivity contribution >= 4 is 46.7 Å². The van der Waals surface area contributed by atoms with Crippen molar-refractivity contribution in [2.24, 2.45) is 5.73 Å². The molecule has 0 aromatic heterocycles. The molecule has 0 aliphatic carbocycles. The Morgan fingerprint density at radius 3 is 2.25 bits per heavy atom. The van der Waals surface area contributed by atoms with Crippen molar-refractivity contribution in [2.45, 2.75) is 0 Å². The number of carbonyl (C=O) groups excluding carboxylic acids is 3. The SMILES string of the molecule is NC(=O)c1ccc(C(=O)OCC(=O)Nc2cc(Cl)ccc2Cl)cc1. The summed E-state index contributed by atoms with van der Waals surface area (Å²) in [4.78, 5) is 34.6. The molecule has 2 rings (SSSR count). The third kappa shape index (κ3) is 4.71. The maximum Gasteiger partial charge on any atom is 0.338 e. The van der Waals surface area contributed by atoms with Crippen LogP contribution in [0.4, 0.5) is 5.69 Å². The van der Waals surface area contributed by atoms with Gasteiger partial charge in [0.15, 0.2) is 6.61 Å².